The number of ether oxygens (including phenoxy) is 1. The molecule has 140 valence electrons. The van der Waals surface area contributed by atoms with E-state index in [0.717, 1.165) is 0 Å². The molecule has 3 amide bonds. The Labute approximate surface area is 155 Å². The van der Waals surface area contributed by atoms with Crippen LogP contribution in [-0.2, 0) is 23.9 Å². The van der Waals surface area contributed by atoms with E-state index in [9.17, 15) is 19.2 Å². The molecule has 1 aliphatic rings. The number of hydrogen-bond acceptors (Lipinski definition) is 6. The number of amides is 3. The minimum atomic E-state index is -0.673. The molecular weight excluding hydrogens is 358 g/mol. The summed E-state index contributed by atoms with van der Waals surface area (Å²) < 4.78 is 4.89. The fourth-order valence-corrected chi connectivity index (χ4v) is 3.47. The fraction of sp³-hybridized carbons (Fsp3) is 0.412. The van der Waals surface area contributed by atoms with Gasteiger partial charge in [-0.2, -0.15) is 0 Å². The number of rotatable bonds is 6. The SMILES string of the molecule is CCOC(=O)[C@@H]1CS[C@H](CC(=O)Nc2ccc(NC(C)=O)cc2)C(=O)N1. The first kappa shape index (κ1) is 19.8. The van der Waals surface area contributed by atoms with Gasteiger partial charge in [-0.15, -0.1) is 11.8 Å². The van der Waals surface area contributed by atoms with Gasteiger partial charge in [-0.05, 0) is 31.2 Å². The minimum Gasteiger partial charge on any atom is -0.464 e. The Morgan fingerprint density at radius 2 is 1.81 bits per heavy atom. The van der Waals surface area contributed by atoms with Crippen LogP contribution in [0.1, 0.15) is 20.3 Å². The maximum absolute atomic E-state index is 12.1. The summed E-state index contributed by atoms with van der Waals surface area (Å²) in [6.45, 7) is 3.36. The highest BCUT2D eigenvalue weighted by atomic mass is 32.2. The quantitative estimate of drug-likeness (QED) is 0.639. The van der Waals surface area contributed by atoms with Gasteiger partial charge in [0.15, 0.2) is 0 Å². The standard InChI is InChI=1S/C17H21N3O5S/c1-3-25-17(24)13-9-26-14(16(23)20-13)8-15(22)19-12-6-4-11(5-7-12)18-10(2)21/h4-7,13-14H,3,8-9H2,1-2H3,(H,18,21)(H,19,22)(H,20,23)/t13-,14+/m0/s1. The number of carbonyl (C=O) groups is 4. The first-order chi connectivity index (χ1) is 12.4. The second-order valence-electron chi connectivity index (χ2n) is 5.65. The third kappa shape index (κ3) is 5.76. The Balaban J connectivity index is 1.83. The van der Waals surface area contributed by atoms with E-state index in [1.165, 1.54) is 18.7 Å². The number of anilines is 2. The fourth-order valence-electron chi connectivity index (χ4n) is 2.34. The molecule has 3 N–H and O–H groups in total. The normalized spacial score (nSPS) is 19.2. The van der Waals surface area contributed by atoms with Gasteiger partial charge in [0.05, 0.1) is 11.9 Å². The molecule has 9 heteroatoms. The molecule has 0 aliphatic carbocycles. The van der Waals surface area contributed by atoms with E-state index in [1.54, 1.807) is 31.2 Å². The van der Waals surface area contributed by atoms with E-state index in [1.807, 2.05) is 0 Å². The Hall–Kier alpha value is -2.55. The van der Waals surface area contributed by atoms with Crippen molar-refractivity contribution in [1.82, 2.24) is 5.32 Å². The van der Waals surface area contributed by atoms with Gasteiger partial charge in [-0.25, -0.2) is 4.79 Å². The van der Waals surface area contributed by atoms with E-state index in [0.29, 0.717) is 17.1 Å². The average molecular weight is 379 g/mol. The number of hydrogen-bond donors (Lipinski definition) is 3. The second-order valence-corrected chi connectivity index (χ2v) is 6.88. The molecule has 1 aromatic rings. The summed E-state index contributed by atoms with van der Waals surface area (Å²) in [4.78, 5) is 46.9. The average Bonchev–Trinajstić information content (AvgIpc) is 2.58. The van der Waals surface area contributed by atoms with Gasteiger partial charge in [0.2, 0.25) is 17.7 Å². The first-order valence-corrected chi connectivity index (χ1v) is 9.20. The van der Waals surface area contributed by atoms with Crippen LogP contribution in [0.3, 0.4) is 0 Å². The summed E-state index contributed by atoms with van der Waals surface area (Å²) in [7, 11) is 0. The van der Waals surface area contributed by atoms with Crippen LogP contribution in [0.2, 0.25) is 0 Å². The highest BCUT2D eigenvalue weighted by Gasteiger charge is 2.34. The van der Waals surface area contributed by atoms with Gasteiger partial charge in [0.1, 0.15) is 6.04 Å². The predicted octanol–water partition coefficient (Wildman–Crippen LogP) is 1.14. The molecule has 0 unspecified atom stereocenters. The second kappa shape index (κ2) is 9.23. The van der Waals surface area contributed by atoms with Crippen molar-refractivity contribution in [3.8, 4) is 0 Å². The van der Waals surface area contributed by atoms with Crippen LogP contribution in [0.4, 0.5) is 11.4 Å². The molecule has 1 aromatic carbocycles. The van der Waals surface area contributed by atoms with E-state index < -0.39 is 17.3 Å². The van der Waals surface area contributed by atoms with Crippen LogP contribution >= 0.6 is 11.8 Å². The predicted molar refractivity (Wildman–Crippen MR) is 98.8 cm³/mol. The van der Waals surface area contributed by atoms with Crippen molar-refractivity contribution in [1.29, 1.82) is 0 Å². The zero-order valence-electron chi connectivity index (χ0n) is 14.5. The van der Waals surface area contributed by atoms with Crippen LogP contribution in [-0.4, -0.2) is 47.3 Å². The van der Waals surface area contributed by atoms with Crippen molar-refractivity contribution in [3.63, 3.8) is 0 Å². The number of nitrogens with one attached hydrogen (secondary N) is 3. The molecule has 0 spiro atoms. The number of benzene rings is 1. The highest BCUT2D eigenvalue weighted by molar-refractivity contribution is 8.00. The maximum atomic E-state index is 12.1. The van der Waals surface area contributed by atoms with Crippen LogP contribution in [0.25, 0.3) is 0 Å². The van der Waals surface area contributed by atoms with Crippen LogP contribution in [0, 0.1) is 0 Å². The lowest BCUT2D eigenvalue weighted by atomic mass is 10.2. The molecular formula is C17H21N3O5S. The summed E-state index contributed by atoms with van der Waals surface area (Å²) in [6, 6.07) is 5.99. The summed E-state index contributed by atoms with van der Waals surface area (Å²) in [5, 5.41) is 7.38. The van der Waals surface area contributed by atoms with Crippen molar-refractivity contribution >= 4 is 46.8 Å². The number of esters is 1. The van der Waals surface area contributed by atoms with Gasteiger partial charge in [0.25, 0.3) is 0 Å². The van der Waals surface area contributed by atoms with Crippen molar-refractivity contribution in [3.05, 3.63) is 24.3 Å². The summed E-state index contributed by atoms with van der Waals surface area (Å²) in [5.74, 6) is -0.928. The Morgan fingerprint density at radius 1 is 1.19 bits per heavy atom. The highest BCUT2D eigenvalue weighted by Crippen LogP contribution is 2.22. The van der Waals surface area contributed by atoms with E-state index in [2.05, 4.69) is 16.0 Å². The van der Waals surface area contributed by atoms with Gasteiger partial charge in [-0.1, -0.05) is 0 Å². The largest absolute Gasteiger partial charge is 0.464 e. The van der Waals surface area contributed by atoms with Gasteiger partial charge in [0, 0.05) is 30.5 Å². The van der Waals surface area contributed by atoms with Crippen molar-refractivity contribution in [2.75, 3.05) is 23.0 Å². The molecule has 0 aromatic heterocycles. The van der Waals surface area contributed by atoms with Gasteiger partial charge in [-0.3, -0.25) is 14.4 Å². The smallest absolute Gasteiger partial charge is 0.329 e. The molecule has 1 aliphatic heterocycles. The minimum absolute atomic E-state index is 0.000503. The first-order valence-electron chi connectivity index (χ1n) is 8.15. The number of thioether (sulfide) groups is 1. The van der Waals surface area contributed by atoms with E-state index in [-0.39, 0.29) is 30.7 Å². The van der Waals surface area contributed by atoms with E-state index in [4.69, 9.17) is 4.74 Å². The zero-order valence-corrected chi connectivity index (χ0v) is 15.4. The molecule has 0 radical (unpaired) electrons. The maximum Gasteiger partial charge on any atom is 0.329 e. The molecule has 1 fully saturated rings. The third-order valence-corrected chi connectivity index (χ3v) is 4.81. The monoisotopic (exact) mass is 379 g/mol. The van der Waals surface area contributed by atoms with Gasteiger partial charge < -0.3 is 20.7 Å². The lowest BCUT2D eigenvalue weighted by Gasteiger charge is -2.27. The van der Waals surface area contributed by atoms with Crippen LogP contribution in [0.15, 0.2) is 24.3 Å². The molecule has 0 saturated carbocycles. The number of carbonyl (C=O) groups excluding carboxylic acids is 4. The van der Waals surface area contributed by atoms with Crippen molar-refractivity contribution < 1.29 is 23.9 Å². The lowest BCUT2D eigenvalue weighted by Crippen LogP contribution is -2.51. The Morgan fingerprint density at radius 3 is 2.35 bits per heavy atom. The van der Waals surface area contributed by atoms with Crippen LogP contribution < -0.4 is 16.0 Å². The Bertz CT molecular complexity index is 692. The zero-order chi connectivity index (χ0) is 19.1. The summed E-state index contributed by atoms with van der Waals surface area (Å²) >= 11 is 1.26. The lowest BCUT2D eigenvalue weighted by molar-refractivity contribution is -0.146. The third-order valence-electron chi connectivity index (χ3n) is 3.50. The molecule has 26 heavy (non-hydrogen) atoms. The molecule has 2 rings (SSSR count). The Kier molecular flexibility index (Phi) is 7.02. The summed E-state index contributed by atoms with van der Waals surface area (Å²) in [6.07, 6.45) is -0.000503. The topological polar surface area (TPSA) is 114 Å². The van der Waals surface area contributed by atoms with E-state index >= 15 is 0 Å². The van der Waals surface area contributed by atoms with Crippen molar-refractivity contribution in [2.45, 2.75) is 31.6 Å². The van der Waals surface area contributed by atoms with Crippen molar-refractivity contribution in [2.24, 2.45) is 0 Å². The molecule has 0 bridgehead atoms. The van der Waals surface area contributed by atoms with Gasteiger partial charge >= 0.3 is 5.97 Å². The molecule has 8 nitrogen and oxygen atoms in total. The van der Waals surface area contributed by atoms with Crippen LogP contribution in [0.5, 0.6) is 0 Å². The molecule has 2 atom stereocenters. The molecule has 1 heterocycles. The molecule has 1 saturated heterocycles. The summed E-state index contributed by atoms with van der Waals surface area (Å²) in [5.41, 5.74) is 1.19.